The molecule has 28 heavy (non-hydrogen) atoms. The lowest BCUT2D eigenvalue weighted by atomic mass is 9.95. The summed E-state index contributed by atoms with van der Waals surface area (Å²) in [7, 11) is 2.01. The van der Waals surface area contributed by atoms with Crippen molar-refractivity contribution in [2.75, 3.05) is 20.1 Å². The molecule has 0 spiro atoms. The van der Waals surface area contributed by atoms with Crippen LogP contribution in [0, 0.1) is 41.5 Å². The Labute approximate surface area is 166 Å². The zero-order valence-corrected chi connectivity index (χ0v) is 17.7. The summed E-state index contributed by atoms with van der Waals surface area (Å²) >= 11 is 0. The first-order valence-corrected chi connectivity index (χ1v) is 9.43. The van der Waals surface area contributed by atoms with Crippen LogP contribution < -0.4 is 0 Å². The first-order valence-electron chi connectivity index (χ1n) is 9.43. The maximum Gasteiger partial charge on any atom is 0.187 e. The predicted molar refractivity (Wildman–Crippen MR) is 111 cm³/mol. The zero-order chi connectivity index (χ0) is 20.6. The third kappa shape index (κ3) is 4.07. The fourth-order valence-corrected chi connectivity index (χ4v) is 3.28. The molecule has 1 fully saturated rings. The molecule has 1 aliphatic rings. The van der Waals surface area contributed by atoms with Crippen LogP contribution in [0.4, 0.5) is 0 Å². The van der Waals surface area contributed by atoms with Gasteiger partial charge in [-0.3, -0.25) is 19.7 Å². The molecule has 1 aliphatic heterocycles. The second kappa shape index (κ2) is 7.72. The minimum atomic E-state index is 0.0388. The number of nitrogens with zero attached hydrogens (tertiary/aromatic N) is 5. The number of hydrogen-bond donors (Lipinski definition) is 0. The lowest BCUT2D eigenvalue weighted by molar-refractivity contribution is -0.113. The number of ketones is 1. The van der Waals surface area contributed by atoms with Crippen molar-refractivity contribution in [3.8, 4) is 0 Å². The van der Waals surface area contributed by atoms with Crippen LogP contribution in [-0.2, 0) is 4.79 Å². The van der Waals surface area contributed by atoms with Gasteiger partial charge in [0.15, 0.2) is 5.78 Å². The average Bonchev–Trinajstić information content (AvgIpc) is 2.61. The van der Waals surface area contributed by atoms with Crippen molar-refractivity contribution in [1.29, 1.82) is 0 Å². The third-order valence-corrected chi connectivity index (χ3v) is 5.12. The molecule has 0 atom stereocenters. The number of hydrogen-bond acceptors (Lipinski definition) is 6. The van der Waals surface area contributed by atoms with E-state index in [-0.39, 0.29) is 5.78 Å². The van der Waals surface area contributed by atoms with Gasteiger partial charge in [-0.05, 0) is 60.7 Å². The van der Waals surface area contributed by atoms with Crippen molar-refractivity contribution >= 4 is 17.9 Å². The van der Waals surface area contributed by atoms with E-state index in [1.807, 2.05) is 60.7 Å². The Balaban J connectivity index is 2.02. The quantitative estimate of drug-likeness (QED) is 0.749. The molecule has 3 heterocycles. The Morgan fingerprint density at radius 1 is 0.643 bits per heavy atom. The first-order chi connectivity index (χ1) is 13.2. The number of Topliss-reactive ketones (excluding diaryl/α,β-unsaturated/α-hetero) is 1. The molecular weight excluding hydrogens is 350 g/mol. The van der Waals surface area contributed by atoms with E-state index in [0.29, 0.717) is 13.1 Å². The Bertz CT molecular complexity index is 941. The van der Waals surface area contributed by atoms with Crippen molar-refractivity contribution in [3.63, 3.8) is 0 Å². The van der Waals surface area contributed by atoms with Crippen molar-refractivity contribution < 1.29 is 4.79 Å². The number of carbonyl (C=O) groups is 1. The van der Waals surface area contributed by atoms with E-state index < -0.39 is 0 Å². The van der Waals surface area contributed by atoms with Gasteiger partial charge >= 0.3 is 0 Å². The summed E-state index contributed by atoms with van der Waals surface area (Å²) in [5.41, 5.74) is 8.19. The Hall–Kier alpha value is -2.73. The van der Waals surface area contributed by atoms with Crippen LogP contribution in [0.5, 0.6) is 0 Å². The molecule has 0 aromatic carbocycles. The largest absolute Gasteiger partial charge is 0.298 e. The molecule has 3 rings (SSSR count). The van der Waals surface area contributed by atoms with Gasteiger partial charge in [0.25, 0.3) is 0 Å². The fourth-order valence-electron chi connectivity index (χ4n) is 3.28. The molecule has 0 N–H and O–H groups in total. The van der Waals surface area contributed by atoms with E-state index in [1.165, 1.54) is 0 Å². The number of piperidine rings is 1. The van der Waals surface area contributed by atoms with Gasteiger partial charge in [0.1, 0.15) is 0 Å². The molecule has 6 heteroatoms. The van der Waals surface area contributed by atoms with E-state index in [2.05, 4.69) is 24.8 Å². The first kappa shape index (κ1) is 20.0. The van der Waals surface area contributed by atoms with Gasteiger partial charge in [0.2, 0.25) is 0 Å². The van der Waals surface area contributed by atoms with Crippen molar-refractivity contribution in [2.45, 2.75) is 41.5 Å². The minimum Gasteiger partial charge on any atom is -0.298 e. The highest BCUT2D eigenvalue weighted by Crippen LogP contribution is 2.22. The van der Waals surface area contributed by atoms with E-state index in [0.717, 1.165) is 56.7 Å². The van der Waals surface area contributed by atoms with Gasteiger partial charge in [-0.1, -0.05) is 0 Å². The Morgan fingerprint density at radius 2 is 1.00 bits per heavy atom. The van der Waals surface area contributed by atoms with Gasteiger partial charge in [-0.2, -0.15) is 0 Å². The lowest BCUT2D eigenvalue weighted by Crippen LogP contribution is -2.34. The SMILES string of the molecule is Cc1nc(C)c(C=C2CN(C)CC(=Cc3nc(C)c(C)nc3C)C2=O)nc1C. The van der Waals surface area contributed by atoms with Gasteiger partial charge in [-0.25, -0.2) is 9.97 Å². The van der Waals surface area contributed by atoms with Crippen LogP contribution >= 0.6 is 0 Å². The van der Waals surface area contributed by atoms with Crippen molar-refractivity contribution in [2.24, 2.45) is 0 Å². The van der Waals surface area contributed by atoms with E-state index >= 15 is 0 Å². The van der Waals surface area contributed by atoms with E-state index in [9.17, 15) is 4.79 Å². The molecule has 0 amide bonds. The summed E-state index contributed by atoms with van der Waals surface area (Å²) in [6.45, 7) is 12.8. The summed E-state index contributed by atoms with van der Waals surface area (Å²) in [5, 5.41) is 0. The summed E-state index contributed by atoms with van der Waals surface area (Å²) < 4.78 is 0. The number of aromatic nitrogens is 4. The van der Waals surface area contributed by atoms with Gasteiger partial charge in [0, 0.05) is 24.2 Å². The second-order valence-corrected chi connectivity index (χ2v) is 7.57. The van der Waals surface area contributed by atoms with Crippen LogP contribution in [0.15, 0.2) is 11.1 Å². The molecular formula is C22H27N5O. The lowest BCUT2D eigenvalue weighted by Gasteiger charge is -2.26. The highest BCUT2D eigenvalue weighted by molar-refractivity contribution is 6.14. The highest BCUT2D eigenvalue weighted by atomic mass is 16.1. The smallest absolute Gasteiger partial charge is 0.187 e. The zero-order valence-electron chi connectivity index (χ0n) is 17.7. The Morgan fingerprint density at radius 3 is 1.39 bits per heavy atom. The summed E-state index contributed by atoms with van der Waals surface area (Å²) in [6.07, 6.45) is 3.75. The minimum absolute atomic E-state index is 0.0388. The monoisotopic (exact) mass is 377 g/mol. The van der Waals surface area contributed by atoms with E-state index in [1.54, 1.807) is 0 Å². The number of rotatable bonds is 2. The summed E-state index contributed by atoms with van der Waals surface area (Å²) in [5.74, 6) is 0.0388. The summed E-state index contributed by atoms with van der Waals surface area (Å²) in [6, 6.07) is 0. The topological polar surface area (TPSA) is 71.9 Å². The van der Waals surface area contributed by atoms with Crippen LogP contribution in [-0.4, -0.2) is 50.8 Å². The van der Waals surface area contributed by atoms with Crippen LogP contribution in [0.3, 0.4) is 0 Å². The molecule has 0 bridgehead atoms. The molecule has 146 valence electrons. The maximum absolute atomic E-state index is 13.1. The number of likely N-dealkylation sites (N-methyl/N-ethyl adjacent to an activating group) is 1. The van der Waals surface area contributed by atoms with Crippen molar-refractivity contribution in [1.82, 2.24) is 24.8 Å². The number of likely N-dealkylation sites (tertiary alicyclic amines) is 1. The van der Waals surface area contributed by atoms with Gasteiger partial charge in [0.05, 0.1) is 45.6 Å². The molecule has 0 aliphatic carbocycles. The van der Waals surface area contributed by atoms with Gasteiger partial charge < -0.3 is 0 Å². The van der Waals surface area contributed by atoms with Crippen LogP contribution in [0.25, 0.3) is 12.2 Å². The molecule has 0 radical (unpaired) electrons. The normalized spacial score (nSPS) is 18.3. The molecule has 1 saturated heterocycles. The van der Waals surface area contributed by atoms with E-state index in [4.69, 9.17) is 0 Å². The molecule has 0 unspecified atom stereocenters. The molecule has 2 aromatic rings. The molecule has 6 nitrogen and oxygen atoms in total. The third-order valence-electron chi connectivity index (χ3n) is 5.12. The maximum atomic E-state index is 13.1. The van der Waals surface area contributed by atoms with Crippen molar-refractivity contribution in [3.05, 3.63) is 56.7 Å². The van der Waals surface area contributed by atoms with Crippen LogP contribution in [0.1, 0.15) is 45.6 Å². The summed E-state index contributed by atoms with van der Waals surface area (Å²) in [4.78, 5) is 33.6. The second-order valence-electron chi connectivity index (χ2n) is 7.57. The van der Waals surface area contributed by atoms with Crippen LogP contribution in [0.2, 0.25) is 0 Å². The average molecular weight is 377 g/mol. The molecule has 2 aromatic heterocycles. The van der Waals surface area contributed by atoms with Gasteiger partial charge in [-0.15, -0.1) is 0 Å². The number of aryl methyl sites for hydroxylation is 6. The standard InChI is InChI=1S/C22H27N5O/c1-12-14(3)25-20(16(5)23-12)8-18-10-27(7)11-19(22(18)28)9-21-17(6)24-13(2)15(4)26-21/h8-9H,10-11H2,1-7H3. The molecule has 0 saturated carbocycles. The number of carbonyl (C=O) groups excluding carboxylic acids is 1. The predicted octanol–water partition coefficient (Wildman–Crippen LogP) is 3.10. The Kier molecular flexibility index (Phi) is 5.52. The highest BCUT2D eigenvalue weighted by Gasteiger charge is 2.25. The fraction of sp³-hybridized carbons (Fsp3) is 0.409.